The summed E-state index contributed by atoms with van der Waals surface area (Å²) in [6.07, 6.45) is 0.947. The van der Waals surface area contributed by atoms with Gasteiger partial charge in [-0.15, -0.1) is 0 Å². The third-order valence-corrected chi connectivity index (χ3v) is 2.47. The van der Waals surface area contributed by atoms with E-state index < -0.39 is 17.7 Å². The van der Waals surface area contributed by atoms with E-state index in [9.17, 15) is 14.4 Å². The highest BCUT2D eigenvalue weighted by atomic mass is 16.5. The van der Waals surface area contributed by atoms with Crippen molar-refractivity contribution in [3.05, 3.63) is 29.3 Å². The monoisotopic (exact) mass is 244 g/mol. The van der Waals surface area contributed by atoms with Gasteiger partial charge in [0.05, 0.1) is 5.56 Å². The van der Waals surface area contributed by atoms with E-state index in [1.165, 1.54) is 12.1 Å². The molecule has 0 N–H and O–H groups in total. The summed E-state index contributed by atoms with van der Waals surface area (Å²) in [6, 6.07) is 4.58. The minimum Gasteiger partial charge on any atom is -0.448 e. The molecule has 5 heteroatoms. The van der Waals surface area contributed by atoms with E-state index in [-0.39, 0.29) is 23.3 Å². The Kier molecular flexibility index (Phi) is 3.11. The highest BCUT2D eigenvalue weighted by Crippen LogP contribution is 2.31. The lowest BCUT2D eigenvalue weighted by atomic mass is 10.1. The minimum atomic E-state index is -1.41. The summed E-state index contributed by atoms with van der Waals surface area (Å²) < 4.78 is 9.56. The first kappa shape index (κ1) is 11.9. The van der Waals surface area contributed by atoms with Gasteiger partial charge < -0.3 is 9.47 Å². The van der Waals surface area contributed by atoms with E-state index in [2.05, 4.69) is 16.8 Å². The number of carbonyl (C=O) groups excluding carboxylic acids is 3. The molecule has 0 fully saturated rings. The van der Waals surface area contributed by atoms with Crippen LogP contribution in [0.3, 0.4) is 0 Å². The molecular weight excluding hydrogens is 236 g/mol. The molecule has 2 rings (SSSR count). The molecule has 18 heavy (non-hydrogen) atoms. The average Bonchev–Trinajstić information content (AvgIpc) is 2.63. The van der Waals surface area contributed by atoms with E-state index in [4.69, 9.17) is 4.74 Å². The summed E-state index contributed by atoms with van der Waals surface area (Å²) in [5, 5.41) is 0. The number of hydrogen-bond donors (Lipinski definition) is 0. The van der Waals surface area contributed by atoms with Crippen molar-refractivity contribution in [1.29, 1.82) is 0 Å². The van der Waals surface area contributed by atoms with E-state index in [1.807, 2.05) is 0 Å². The van der Waals surface area contributed by atoms with Crippen LogP contribution in [0.2, 0.25) is 0 Å². The van der Waals surface area contributed by atoms with E-state index in [0.717, 1.165) is 0 Å². The molecule has 0 spiro atoms. The van der Waals surface area contributed by atoms with Gasteiger partial charge in [0.25, 0.3) is 6.47 Å². The summed E-state index contributed by atoms with van der Waals surface area (Å²) in [5.74, 6) is 1.57. The topological polar surface area (TPSA) is 69.7 Å². The first-order valence-electron chi connectivity index (χ1n) is 5.09. The standard InChI is InChI=1S/C13H8O5/c1-2-6-17-9-5-3-4-8-10(9)12(16)13(11(8)15)18-7-14/h3-5,7,13H,1H3. The van der Waals surface area contributed by atoms with Crippen molar-refractivity contribution in [3.8, 4) is 17.8 Å². The van der Waals surface area contributed by atoms with Gasteiger partial charge in [0.15, 0.2) is 5.75 Å². The smallest absolute Gasteiger partial charge is 0.294 e. The number of rotatable bonds is 3. The number of ketones is 2. The van der Waals surface area contributed by atoms with Crippen LogP contribution in [0.1, 0.15) is 27.6 Å². The van der Waals surface area contributed by atoms with Gasteiger partial charge in [-0.25, -0.2) is 0 Å². The Morgan fingerprint density at radius 1 is 1.28 bits per heavy atom. The summed E-state index contributed by atoms with van der Waals surface area (Å²) in [5.41, 5.74) is 0.291. The molecule has 0 aromatic heterocycles. The van der Waals surface area contributed by atoms with Gasteiger partial charge in [-0.1, -0.05) is 18.1 Å². The number of ether oxygens (including phenoxy) is 2. The van der Waals surface area contributed by atoms with Crippen LogP contribution in [-0.4, -0.2) is 24.1 Å². The van der Waals surface area contributed by atoms with Crippen LogP contribution >= 0.6 is 0 Å². The molecule has 1 aromatic rings. The van der Waals surface area contributed by atoms with Gasteiger partial charge in [0, 0.05) is 12.5 Å². The molecule has 1 atom stereocenters. The fraction of sp³-hybridized carbons (Fsp3) is 0.154. The zero-order valence-electron chi connectivity index (χ0n) is 9.43. The van der Waals surface area contributed by atoms with Gasteiger partial charge >= 0.3 is 0 Å². The molecule has 0 saturated heterocycles. The molecule has 0 amide bonds. The van der Waals surface area contributed by atoms with Crippen LogP contribution < -0.4 is 4.74 Å². The van der Waals surface area contributed by atoms with Crippen LogP contribution in [-0.2, 0) is 9.53 Å². The molecule has 0 aliphatic heterocycles. The van der Waals surface area contributed by atoms with Crippen molar-refractivity contribution in [1.82, 2.24) is 0 Å². The third kappa shape index (κ3) is 1.74. The number of fused-ring (bicyclic) bond motifs is 1. The highest BCUT2D eigenvalue weighted by molar-refractivity contribution is 6.30. The maximum absolute atomic E-state index is 11.9. The van der Waals surface area contributed by atoms with E-state index in [0.29, 0.717) is 0 Å². The zero-order chi connectivity index (χ0) is 13.1. The van der Waals surface area contributed by atoms with Crippen LogP contribution in [0.15, 0.2) is 18.2 Å². The normalized spacial score (nSPS) is 16.6. The fourth-order valence-corrected chi connectivity index (χ4v) is 1.75. The number of carbonyl (C=O) groups is 3. The Hall–Kier alpha value is -2.61. The predicted octanol–water partition coefficient (Wildman–Crippen LogP) is 0.967. The second kappa shape index (κ2) is 4.72. The Labute approximate surface area is 103 Å². The van der Waals surface area contributed by atoms with Gasteiger partial charge in [-0.05, 0) is 6.07 Å². The Morgan fingerprint density at radius 2 is 2.06 bits per heavy atom. The predicted molar refractivity (Wildman–Crippen MR) is 60.1 cm³/mol. The maximum Gasteiger partial charge on any atom is 0.294 e. The van der Waals surface area contributed by atoms with Crippen molar-refractivity contribution >= 4 is 18.0 Å². The number of Topliss-reactive ketones (excluding diaryl/α,β-unsaturated/α-hetero) is 2. The molecule has 90 valence electrons. The van der Waals surface area contributed by atoms with Crippen molar-refractivity contribution < 1.29 is 23.9 Å². The van der Waals surface area contributed by atoms with Gasteiger partial charge in [-0.3, -0.25) is 14.4 Å². The SMILES string of the molecule is CC#COc1cccc2c1C(=O)C(OC=O)C2=O. The lowest BCUT2D eigenvalue weighted by Crippen LogP contribution is -2.25. The number of benzene rings is 1. The Bertz CT molecular complexity index is 591. The van der Waals surface area contributed by atoms with Crippen LogP contribution in [0, 0.1) is 12.0 Å². The van der Waals surface area contributed by atoms with Gasteiger partial charge in [0.2, 0.25) is 17.7 Å². The maximum atomic E-state index is 11.9. The van der Waals surface area contributed by atoms with Gasteiger partial charge in [-0.2, -0.15) is 0 Å². The molecule has 1 aliphatic rings. The van der Waals surface area contributed by atoms with Crippen LogP contribution in [0.5, 0.6) is 5.75 Å². The van der Waals surface area contributed by atoms with E-state index >= 15 is 0 Å². The van der Waals surface area contributed by atoms with Gasteiger partial charge in [0.1, 0.15) is 6.11 Å². The minimum absolute atomic E-state index is 0.0821. The molecular formula is C13H8O5. The molecule has 5 nitrogen and oxygen atoms in total. The molecule has 0 saturated carbocycles. The molecule has 1 aromatic carbocycles. The second-order valence-corrected chi connectivity index (χ2v) is 3.47. The van der Waals surface area contributed by atoms with Crippen LogP contribution in [0.25, 0.3) is 0 Å². The van der Waals surface area contributed by atoms with Crippen molar-refractivity contribution in [2.24, 2.45) is 0 Å². The summed E-state index contributed by atoms with van der Waals surface area (Å²) in [7, 11) is 0. The van der Waals surface area contributed by atoms with Crippen LogP contribution in [0.4, 0.5) is 0 Å². The second-order valence-electron chi connectivity index (χ2n) is 3.47. The molecule has 0 heterocycles. The average molecular weight is 244 g/mol. The molecule has 0 radical (unpaired) electrons. The lowest BCUT2D eigenvalue weighted by molar-refractivity contribution is -0.130. The summed E-state index contributed by atoms with van der Waals surface area (Å²) in [6.45, 7) is 1.66. The largest absolute Gasteiger partial charge is 0.448 e. The van der Waals surface area contributed by atoms with Crippen molar-refractivity contribution in [2.75, 3.05) is 0 Å². The Balaban J connectivity index is 2.49. The molecule has 1 aliphatic carbocycles. The van der Waals surface area contributed by atoms with Crippen molar-refractivity contribution in [2.45, 2.75) is 13.0 Å². The first-order chi connectivity index (χ1) is 8.70. The highest BCUT2D eigenvalue weighted by Gasteiger charge is 2.42. The first-order valence-corrected chi connectivity index (χ1v) is 5.09. The lowest BCUT2D eigenvalue weighted by Gasteiger charge is -2.03. The summed E-state index contributed by atoms with van der Waals surface area (Å²) in [4.78, 5) is 34.1. The molecule has 1 unspecified atom stereocenters. The summed E-state index contributed by atoms with van der Waals surface area (Å²) >= 11 is 0. The quantitative estimate of drug-likeness (QED) is 0.450. The van der Waals surface area contributed by atoms with E-state index in [1.54, 1.807) is 13.0 Å². The number of hydrogen-bond acceptors (Lipinski definition) is 5. The third-order valence-electron chi connectivity index (χ3n) is 2.47. The fourth-order valence-electron chi connectivity index (χ4n) is 1.75. The Morgan fingerprint density at radius 3 is 2.72 bits per heavy atom. The molecule has 0 bridgehead atoms. The van der Waals surface area contributed by atoms with Crippen molar-refractivity contribution in [3.63, 3.8) is 0 Å². The zero-order valence-corrected chi connectivity index (χ0v) is 9.43.